The highest BCUT2D eigenvalue weighted by Gasteiger charge is 2.43. The number of nitrogens with zero attached hydrogens (tertiary/aromatic N) is 1. The minimum atomic E-state index is -1.14. The van der Waals surface area contributed by atoms with Crippen LogP contribution in [0.4, 0.5) is 4.79 Å². The van der Waals surface area contributed by atoms with Crippen molar-refractivity contribution in [2.75, 3.05) is 13.2 Å². The highest BCUT2D eigenvalue weighted by Crippen LogP contribution is 2.38. The molecule has 0 aromatic heterocycles. The molecule has 0 radical (unpaired) electrons. The number of amides is 1. The summed E-state index contributed by atoms with van der Waals surface area (Å²) in [5.74, 6) is -0.305. The van der Waals surface area contributed by atoms with Gasteiger partial charge in [0.2, 0.25) is 0 Å². The first kappa shape index (κ1) is 18.1. The lowest BCUT2D eigenvalue weighted by atomic mass is 9.98. The van der Waals surface area contributed by atoms with Gasteiger partial charge in [0, 0.05) is 18.0 Å². The standard InChI is InChI=1S/C15H19Cl2NO5/c1-7(12-10(20)4-3-9(16)13(12)17)5-18-8(2)14(11(21)6-19)23-15(18)22/h3-4,7-8,11,14,19-21H,5-6H2,1-2H3/t7-,8-,11+,14-/m0/s1. The molecule has 1 aliphatic rings. The first-order chi connectivity index (χ1) is 10.8. The van der Waals surface area contributed by atoms with Crippen molar-refractivity contribution in [3.8, 4) is 5.75 Å². The van der Waals surface area contributed by atoms with Gasteiger partial charge >= 0.3 is 6.09 Å². The van der Waals surface area contributed by atoms with Gasteiger partial charge in [0.05, 0.1) is 22.7 Å². The quantitative estimate of drug-likeness (QED) is 0.746. The topological polar surface area (TPSA) is 90.2 Å². The Morgan fingerprint density at radius 1 is 1.39 bits per heavy atom. The van der Waals surface area contributed by atoms with E-state index in [1.807, 2.05) is 0 Å². The molecule has 128 valence electrons. The van der Waals surface area contributed by atoms with Crippen LogP contribution in [0.5, 0.6) is 5.75 Å². The van der Waals surface area contributed by atoms with Gasteiger partial charge in [0.15, 0.2) is 6.10 Å². The summed E-state index contributed by atoms with van der Waals surface area (Å²) in [6.45, 7) is 3.25. The van der Waals surface area contributed by atoms with E-state index in [0.717, 1.165) is 0 Å². The number of aromatic hydroxyl groups is 1. The van der Waals surface area contributed by atoms with Crippen molar-refractivity contribution >= 4 is 29.3 Å². The van der Waals surface area contributed by atoms with E-state index in [0.29, 0.717) is 10.6 Å². The lowest BCUT2D eigenvalue weighted by molar-refractivity contribution is -0.0118. The molecule has 1 amide bonds. The minimum Gasteiger partial charge on any atom is -0.508 e. The van der Waals surface area contributed by atoms with Crippen LogP contribution in [0.1, 0.15) is 25.3 Å². The minimum absolute atomic E-state index is 0.000870. The van der Waals surface area contributed by atoms with Crippen molar-refractivity contribution in [2.24, 2.45) is 0 Å². The number of hydrogen-bond acceptors (Lipinski definition) is 5. The molecule has 23 heavy (non-hydrogen) atoms. The molecule has 0 unspecified atom stereocenters. The molecule has 1 aromatic carbocycles. The zero-order valence-electron chi connectivity index (χ0n) is 12.7. The number of halogens is 2. The SMILES string of the molecule is C[C@@H](CN1C(=O)O[C@H]([C@H](O)CO)[C@@H]1C)c1c(O)ccc(Cl)c1Cl. The molecule has 0 aliphatic carbocycles. The fourth-order valence-corrected chi connectivity index (χ4v) is 3.29. The Bertz CT molecular complexity index is 597. The van der Waals surface area contributed by atoms with Crippen molar-refractivity contribution in [1.82, 2.24) is 4.90 Å². The van der Waals surface area contributed by atoms with Crippen molar-refractivity contribution < 1.29 is 24.9 Å². The molecule has 8 heteroatoms. The second kappa shape index (κ2) is 7.13. The normalized spacial score (nSPS) is 23.7. The van der Waals surface area contributed by atoms with Crippen LogP contribution < -0.4 is 0 Å². The van der Waals surface area contributed by atoms with Crippen LogP contribution in [-0.4, -0.2) is 57.7 Å². The maximum absolute atomic E-state index is 12.0. The van der Waals surface area contributed by atoms with Crippen molar-refractivity contribution in [1.29, 1.82) is 0 Å². The van der Waals surface area contributed by atoms with E-state index >= 15 is 0 Å². The molecule has 3 N–H and O–H groups in total. The van der Waals surface area contributed by atoms with Gasteiger partial charge in [-0.2, -0.15) is 0 Å². The van der Waals surface area contributed by atoms with Gasteiger partial charge < -0.3 is 25.0 Å². The third-order valence-corrected chi connectivity index (χ3v) is 4.90. The molecule has 2 rings (SSSR count). The first-order valence-corrected chi connectivity index (χ1v) is 7.96. The van der Waals surface area contributed by atoms with Crippen molar-refractivity contribution in [3.05, 3.63) is 27.7 Å². The number of ether oxygens (including phenoxy) is 1. The molecular weight excluding hydrogens is 345 g/mol. The van der Waals surface area contributed by atoms with E-state index in [1.54, 1.807) is 13.8 Å². The monoisotopic (exact) mass is 363 g/mol. The van der Waals surface area contributed by atoms with Gasteiger partial charge in [-0.15, -0.1) is 0 Å². The Morgan fingerprint density at radius 3 is 2.65 bits per heavy atom. The lowest BCUT2D eigenvalue weighted by Crippen LogP contribution is -2.42. The molecule has 1 saturated heterocycles. The van der Waals surface area contributed by atoms with E-state index in [2.05, 4.69) is 0 Å². The van der Waals surface area contributed by atoms with Crippen LogP contribution in [0.3, 0.4) is 0 Å². The highest BCUT2D eigenvalue weighted by molar-refractivity contribution is 6.42. The number of phenolic OH excluding ortho intramolecular Hbond substituents is 1. The summed E-state index contributed by atoms with van der Waals surface area (Å²) < 4.78 is 5.12. The number of carbonyl (C=O) groups excluding carboxylic acids is 1. The zero-order valence-corrected chi connectivity index (χ0v) is 14.3. The van der Waals surface area contributed by atoms with Crippen LogP contribution in [0.2, 0.25) is 10.0 Å². The van der Waals surface area contributed by atoms with Gasteiger partial charge in [-0.05, 0) is 19.1 Å². The number of benzene rings is 1. The van der Waals surface area contributed by atoms with Gasteiger partial charge in [-0.25, -0.2) is 4.79 Å². The molecule has 1 fully saturated rings. The van der Waals surface area contributed by atoms with Gasteiger partial charge in [-0.1, -0.05) is 30.1 Å². The zero-order chi connectivity index (χ0) is 17.3. The second-order valence-electron chi connectivity index (χ2n) is 5.69. The Labute approximate surface area is 144 Å². The van der Waals surface area contributed by atoms with Gasteiger partial charge in [0.25, 0.3) is 0 Å². The predicted octanol–water partition coefficient (Wildman–Crippen LogP) is 2.37. The molecule has 4 atom stereocenters. The number of hydrogen-bond donors (Lipinski definition) is 3. The van der Waals surface area contributed by atoms with Crippen LogP contribution in [0.25, 0.3) is 0 Å². The molecule has 0 spiro atoms. The summed E-state index contributed by atoms with van der Waals surface area (Å²) in [6.07, 6.45) is -2.53. The number of rotatable bonds is 5. The van der Waals surface area contributed by atoms with E-state index < -0.39 is 30.9 Å². The van der Waals surface area contributed by atoms with E-state index in [-0.39, 0.29) is 23.2 Å². The van der Waals surface area contributed by atoms with Crippen molar-refractivity contribution in [3.63, 3.8) is 0 Å². The summed E-state index contributed by atoms with van der Waals surface area (Å²) in [7, 11) is 0. The number of aliphatic hydroxyl groups is 2. The first-order valence-electron chi connectivity index (χ1n) is 7.21. The maximum atomic E-state index is 12.0. The summed E-state index contributed by atoms with van der Waals surface area (Å²) >= 11 is 12.1. The molecular formula is C15H19Cl2NO5. The smallest absolute Gasteiger partial charge is 0.410 e. The third-order valence-electron chi connectivity index (χ3n) is 4.08. The molecule has 6 nitrogen and oxygen atoms in total. The molecule has 1 heterocycles. The molecule has 1 aliphatic heterocycles. The number of cyclic esters (lactones) is 1. The second-order valence-corrected chi connectivity index (χ2v) is 6.47. The number of aliphatic hydroxyl groups excluding tert-OH is 2. The average molecular weight is 364 g/mol. The fourth-order valence-electron chi connectivity index (χ4n) is 2.78. The molecule has 0 saturated carbocycles. The average Bonchev–Trinajstić information content (AvgIpc) is 2.78. The summed E-state index contributed by atoms with van der Waals surface area (Å²) in [5.41, 5.74) is 0.449. The van der Waals surface area contributed by atoms with E-state index in [9.17, 15) is 15.0 Å². The van der Waals surface area contributed by atoms with Gasteiger partial charge in [0.1, 0.15) is 11.9 Å². The van der Waals surface area contributed by atoms with Crippen LogP contribution in [0, 0.1) is 0 Å². The third kappa shape index (κ3) is 3.50. The Kier molecular flexibility index (Phi) is 5.62. The number of carbonyl (C=O) groups is 1. The lowest BCUT2D eigenvalue weighted by Gasteiger charge is -2.26. The predicted molar refractivity (Wildman–Crippen MR) is 86.1 cm³/mol. The summed E-state index contributed by atoms with van der Waals surface area (Å²) in [6, 6.07) is 2.52. The summed E-state index contributed by atoms with van der Waals surface area (Å²) in [5, 5.41) is 29.3. The van der Waals surface area contributed by atoms with Crippen LogP contribution >= 0.6 is 23.2 Å². The Morgan fingerprint density at radius 2 is 2.04 bits per heavy atom. The molecule has 0 bridgehead atoms. The van der Waals surface area contributed by atoms with Crippen LogP contribution in [0.15, 0.2) is 12.1 Å². The molecule has 1 aromatic rings. The van der Waals surface area contributed by atoms with E-state index in [1.165, 1.54) is 17.0 Å². The van der Waals surface area contributed by atoms with E-state index in [4.69, 9.17) is 33.0 Å². The Balaban J connectivity index is 2.19. The fraction of sp³-hybridized carbons (Fsp3) is 0.533. The van der Waals surface area contributed by atoms with Crippen molar-refractivity contribution in [2.45, 2.75) is 38.0 Å². The maximum Gasteiger partial charge on any atom is 0.410 e. The van der Waals surface area contributed by atoms with Crippen LogP contribution in [-0.2, 0) is 4.74 Å². The number of phenols is 1. The largest absolute Gasteiger partial charge is 0.508 e. The highest BCUT2D eigenvalue weighted by atomic mass is 35.5. The Hall–Kier alpha value is -1.21. The summed E-state index contributed by atoms with van der Waals surface area (Å²) in [4.78, 5) is 13.4. The van der Waals surface area contributed by atoms with Gasteiger partial charge in [-0.3, -0.25) is 0 Å².